The normalized spacial score (nSPS) is 18.7. The number of aryl methyl sites for hydroxylation is 3. The van der Waals surface area contributed by atoms with Gasteiger partial charge in [0.1, 0.15) is 0 Å². The minimum Gasteiger partial charge on any atom is -0.334 e. The van der Waals surface area contributed by atoms with Crippen molar-refractivity contribution in [2.45, 2.75) is 57.5 Å². The maximum atomic E-state index is 14.1. The molecular formula is C34H34Cl2N4O. The lowest BCUT2D eigenvalue weighted by molar-refractivity contribution is 0.0733. The Bertz CT molecular complexity index is 1520. The maximum absolute atomic E-state index is 14.1. The Morgan fingerprint density at radius 3 is 2.17 bits per heavy atom. The molecule has 1 amide bonds. The van der Waals surface area contributed by atoms with Gasteiger partial charge in [-0.25, -0.2) is 9.97 Å². The van der Waals surface area contributed by atoms with E-state index < -0.39 is 0 Å². The van der Waals surface area contributed by atoms with Crippen molar-refractivity contribution in [3.05, 3.63) is 123 Å². The van der Waals surface area contributed by atoms with E-state index in [1.165, 1.54) is 16.7 Å². The number of amides is 1. The molecule has 210 valence electrons. The van der Waals surface area contributed by atoms with Crippen molar-refractivity contribution in [3.8, 4) is 0 Å². The van der Waals surface area contributed by atoms with Crippen LogP contribution in [-0.4, -0.2) is 33.9 Å². The Balaban J connectivity index is 1.33. The lowest BCUT2D eigenvalue weighted by Gasteiger charge is -2.28. The number of halogens is 2. The van der Waals surface area contributed by atoms with Crippen molar-refractivity contribution < 1.29 is 4.79 Å². The van der Waals surface area contributed by atoms with Crippen molar-refractivity contribution in [1.82, 2.24) is 14.9 Å². The predicted octanol–water partition coefficient (Wildman–Crippen LogP) is 8.20. The average Bonchev–Trinajstić information content (AvgIpc) is 3.68. The van der Waals surface area contributed by atoms with Crippen molar-refractivity contribution in [2.75, 3.05) is 18.0 Å². The van der Waals surface area contributed by atoms with E-state index in [9.17, 15) is 4.79 Å². The average molecular weight is 586 g/mol. The molecule has 2 saturated heterocycles. The van der Waals surface area contributed by atoms with Gasteiger partial charge < -0.3 is 9.80 Å². The standard InChI is InChI=1S/C34H34Cl2N4O/c1-23-6-2-3-7-24(23)14-19-30-29(33(41)39-20-4-8-31(39)25-10-15-27(35)16-11-25)22-37-34(38-30)40-21-5-9-32(40)26-12-17-28(36)18-13-26/h2-3,6-7,10-13,15-18,22,31-32H,4-5,8-9,14,19-21H2,1H3/t31-,32+/m1/s1. The molecule has 41 heavy (non-hydrogen) atoms. The number of carbonyl (C=O) groups excluding carboxylic acids is 1. The summed E-state index contributed by atoms with van der Waals surface area (Å²) in [5, 5.41) is 1.43. The SMILES string of the molecule is Cc1ccccc1CCc1nc(N2CCC[C@H]2c2ccc(Cl)cc2)ncc1C(=O)N1CCC[C@@H]1c1ccc(Cl)cc1. The first kappa shape index (κ1) is 27.7. The van der Waals surface area contributed by atoms with Gasteiger partial charge in [-0.05, 0) is 92.0 Å². The number of anilines is 1. The quantitative estimate of drug-likeness (QED) is 0.219. The Morgan fingerprint density at radius 2 is 1.46 bits per heavy atom. The van der Waals surface area contributed by atoms with Gasteiger partial charge in [-0.1, -0.05) is 71.7 Å². The molecule has 5 nitrogen and oxygen atoms in total. The minimum absolute atomic E-state index is 0.00413. The molecule has 0 N–H and O–H groups in total. The number of hydrogen-bond acceptors (Lipinski definition) is 4. The maximum Gasteiger partial charge on any atom is 0.257 e. The van der Waals surface area contributed by atoms with Crippen LogP contribution < -0.4 is 4.90 Å². The summed E-state index contributed by atoms with van der Waals surface area (Å²) in [6.45, 7) is 3.73. The third-order valence-electron chi connectivity index (χ3n) is 8.51. The lowest BCUT2D eigenvalue weighted by Crippen LogP contribution is -2.32. The van der Waals surface area contributed by atoms with E-state index in [1.54, 1.807) is 6.20 Å². The van der Waals surface area contributed by atoms with Crippen molar-refractivity contribution in [1.29, 1.82) is 0 Å². The van der Waals surface area contributed by atoms with Gasteiger partial charge in [-0.15, -0.1) is 0 Å². The van der Waals surface area contributed by atoms with E-state index in [2.05, 4.69) is 48.2 Å². The molecule has 0 radical (unpaired) electrons. The van der Waals surface area contributed by atoms with E-state index in [-0.39, 0.29) is 18.0 Å². The van der Waals surface area contributed by atoms with Crippen molar-refractivity contribution >= 4 is 35.1 Å². The van der Waals surface area contributed by atoms with Gasteiger partial charge in [0.15, 0.2) is 0 Å². The summed E-state index contributed by atoms with van der Waals surface area (Å²) in [5.41, 5.74) is 6.25. The van der Waals surface area contributed by atoms with Gasteiger partial charge in [0.05, 0.1) is 23.3 Å². The van der Waals surface area contributed by atoms with E-state index in [0.717, 1.165) is 61.5 Å². The number of carbonyl (C=O) groups is 1. The summed E-state index contributed by atoms with van der Waals surface area (Å²) in [6.07, 6.45) is 7.24. The zero-order chi connectivity index (χ0) is 28.3. The second kappa shape index (κ2) is 12.2. The second-order valence-electron chi connectivity index (χ2n) is 11.1. The monoisotopic (exact) mass is 584 g/mol. The number of rotatable bonds is 7. The summed E-state index contributed by atoms with van der Waals surface area (Å²) in [6, 6.07) is 24.6. The van der Waals surface area contributed by atoms with Crippen LogP contribution in [-0.2, 0) is 12.8 Å². The van der Waals surface area contributed by atoms with Crippen LogP contribution in [0.15, 0.2) is 79.0 Å². The third kappa shape index (κ3) is 5.98. The van der Waals surface area contributed by atoms with E-state index in [4.69, 9.17) is 33.2 Å². The number of benzene rings is 3. The van der Waals surface area contributed by atoms with Crippen LogP contribution in [0.25, 0.3) is 0 Å². The van der Waals surface area contributed by atoms with E-state index in [0.29, 0.717) is 23.0 Å². The van der Waals surface area contributed by atoms with Crippen molar-refractivity contribution in [2.24, 2.45) is 0 Å². The Hall–Kier alpha value is -3.41. The van der Waals surface area contributed by atoms with Gasteiger partial charge in [0.25, 0.3) is 5.91 Å². The molecule has 0 aliphatic carbocycles. The predicted molar refractivity (Wildman–Crippen MR) is 166 cm³/mol. The van der Waals surface area contributed by atoms with Crippen molar-refractivity contribution in [3.63, 3.8) is 0 Å². The highest BCUT2D eigenvalue weighted by Crippen LogP contribution is 2.37. The molecule has 2 aliphatic rings. The Morgan fingerprint density at radius 1 is 0.829 bits per heavy atom. The molecule has 0 spiro atoms. The summed E-state index contributed by atoms with van der Waals surface area (Å²) >= 11 is 12.3. The topological polar surface area (TPSA) is 49.3 Å². The molecule has 3 aromatic carbocycles. The summed E-state index contributed by atoms with van der Waals surface area (Å²) in [7, 11) is 0. The number of aromatic nitrogens is 2. The fourth-order valence-electron chi connectivity index (χ4n) is 6.29. The Labute approximate surface area is 252 Å². The molecule has 2 aliphatic heterocycles. The summed E-state index contributed by atoms with van der Waals surface area (Å²) in [5.74, 6) is 0.693. The molecule has 0 unspecified atom stereocenters. The molecule has 2 atom stereocenters. The van der Waals surface area contributed by atoms with Crippen LogP contribution >= 0.6 is 23.2 Å². The van der Waals surface area contributed by atoms with Crippen LogP contribution in [0.5, 0.6) is 0 Å². The van der Waals surface area contributed by atoms with Gasteiger partial charge in [-0.2, -0.15) is 0 Å². The summed E-state index contributed by atoms with van der Waals surface area (Å²) < 4.78 is 0. The smallest absolute Gasteiger partial charge is 0.257 e. The molecule has 3 heterocycles. The first-order chi connectivity index (χ1) is 20.0. The van der Waals surface area contributed by atoms with Crippen LogP contribution in [0.4, 0.5) is 5.95 Å². The largest absolute Gasteiger partial charge is 0.334 e. The first-order valence-electron chi connectivity index (χ1n) is 14.5. The van der Waals surface area contributed by atoms with Gasteiger partial charge in [0.2, 0.25) is 5.95 Å². The number of nitrogens with zero attached hydrogens (tertiary/aromatic N) is 4. The zero-order valence-electron chi connectivity index (χ0n) is 23.3. The zero-order valence-corrected chi connectivity index (χ0v) is 24.8. The lowest BCUT2D eigenvalue weighted by atomic mass is 10.0. The molecule has 0 saturated carbocycles. The highest BCUT2D eigenvalue weighted by Gasteiger charge is 2.33. The Kier molecular flexibility index (Phi) is 8.27. The third-order valence-corrected chi connectivity index (χ3v) is 9.01. The van der Waals surface area contributed by atoms with Gasteiger partial charge >= 0.3 is 0 Å². The molecule has 7 heteroatoms. The van der Waals surface area contributed by atoms with Gasteiger partial charge in [-0.3, -0.25) is 4.79 Å². The van der Waals surface area contributed by atoms with E-state index in [1.807, 2.05) is 41.3 Å². The first-order valence-corrected chi connectivity index (χ1v) is 15.2. The van der Waals surface area contributed by atoms with Gasteiger partial charge in [0, 0.05) is 29.3 Å². The minimum atomic E-state index is 0.00413. The molecular weight excluding hydrogens is 551 g/mol. The van der Waals surface area contributed by atoms with Crippen LogP contribution in [0.3, 0.4) is 0 Å². The highest BCUT2D eigenvalue weighted by molar-refractivity contribution is 6.30. The van der Waals surface area contributed by atoms with Crippen LogP contribution in [0.2, 0.25) is 10.0 Å². The molecule has 1 aromatic heterocycles. The van der Waals surface area contributed by atoms with E-state index >= 15 is 0 Å². The molecule has 2 fully saturated rings. The summed E-state index contributed by atoms with van der Waals surface area (Å²) in [4.78, 5) is 28.3. The molecule has 4 aromatic rings. The number of hydrogen-bond donors (Lipinski definition) is 0. The highest BCUT2D eigenvalue weighted by atomic mass is 35.5. The second-order valence-corrected chi connectivity index (χ2v) is 11.9. The number of likely N-dealkylation sites (tertiary alicyclic amines) is 1. The fraction of sp³-hybridized carbons (Fsp3) is 0.324. The molecule has 6 rings (SSSR count). The van der Waals surface area contributed by atoms with Crippen LogP contribution in [0, 0.1) is 6.92 Å². The van der Waals surface area contributed by atoms with Crippen LogP contribution in [0.1, 0.15) is 76.1 Å². The molecule has 0 bridgehead atoms. The fourth-order valence-corrected chi connectivity index (χ4v) is 6.54.